The van der Waals surface area contributed by atoms with E-state index in [2.05, 4.69) is 97.6 Å². The topological polar surface area (TPSA) is 63.6 Å². The van der Waals surface area contributed by atoms with Crippen LogP contribution in [-0.4, -0.2) is 29.1 Å². The highest BCUT2D eigenvalue weighted by Crippen LogP contribution is 2.46. The van der Waals surface area contributed by atoms with Gasteiger partial charge in [0.05, 0.1) is 6.10 Å². The summed E-state index contributed by atoms with van der Waals surface area (Å²) in [6, 6.07) is 0. The van der Waals surface area contributed by atoms with Gasteiger partial charge in [-0.05, 0) is 105 Å². The number of carbonyl (C=O) groups excluding carboxylic acids is 2. The maximum absolute atomic E-state index is 12.9. The molecule has 2 saturated carbocycles. The predicted molar refractivity (Wildman–Crippen MR) is 193 cm³/mol. The fraction of sp³-hybridized carbons (Fsp3) is 0.548. The highest BCUT2D eigenvalue weighted by atomic mass is 16.5. The molecule has 2 aliphatic rings. The normalized spacial score (nSPS) is 27.7. The van der Waals surface area contributed by atoms with Crippen LogP contribution in [0.1, 0.15) is 108 Å². The molecular weight excluding hydrogens is 568 g/mol. The van der Waals surface area contributed by atoms with Gasteiger partial charge in [0.2, 0.25) is 0 Å². The van der Waals surface area contributed by atoms with Crippen LogP contribution in [0.15, 0.2) is 100 Å². The van der Waals surface area contributed by atoms with E-state index in [0.29, 0.717) is 18.3 Å². The highest BCUT2D eigenvalue weighted by molar-refractivity contribution is 5.95. The van der Waals surface area contributed by atoms with Crippen LogP contribution in [0.2, 0.25) is 0 Å². The fourth-order valence-corrected chi connectivity index (χ4v) is 7.20. The van der Waals surface area contributed by atoms with Crippen LogP contribution in [0.25, 0.3) is 0 Å². The van der Waals surface area contributed by atoms with Crippen molar-refractivity contribution in [2.75, 3.05) is 0 Å². The van der Waals surface area contributed by atoms with E-state index < -0.39 is 0 Å². The highest BCUT2D eigenvalue weighted by Gasteiger charge is 2.41. The van der Waals surface area contributed by atoms with Gasteiger partial charge in [-0.2, -0.15) is 0 Å². The third-order valence-corrected chi connectivity index (χ3v) is 9.56. The molecule has 0 amide bonds. The molecule has 5 atom stereocenters. The quantitative estimate of drug-likeness (QED) is 0.107. The first-order valence-electron chi connectivity index (χ1n) is 17.0. The molecule has 2 aliphatic carbocycles. The van der Waals surface area contributed by atoms with E-state index in [9.17, 15) is 14.7 Å². The van der Waals surface area contributed by atoms with E-state index in [1.54, 1.807) is 0 Å². The van der Waals surface area contributed by atoms with Gasteiger partial charge in [0, 0.05) is 13.3 Å². The van der Waals surface area contributed by atoms with Crippen molar-refractivity contribution < 1.29 is 19.4 Å². The van der Waals surface area contributed by atoms with E-state index in [4.69, 9.17) is 4.74 Å². The van der Waals surface area contributed by atoms with Crippen LogP contribution in [-0.2, 0) is 14.3 Å². The Labute approximate surface area is 280 Å². The summed E-state index contributed by atoms with van der Waals surface area (Å²) in [7, 11) is 0. The predicted octanol–water partition coefficient (Wildman–Crippen LogP) is 10.3. The first-order valence-corrected chi connectivity index (χ1v) is 17.0. The smallest absolute Gasteiger partial charge is 0.302 e. The summed E-state index contributed by atoms with van der Waals surface area (Å²) < 4.78 is 5.51. The molecule has 4 unspecified atom stereocenters. The second kappa shape index (κ2) is 17.6. The lowest BCUT2D eigenvalue weighted by Gasteiger charge is -2.45. The maximum atomic E-state index is 12.9. The van der Waals surface area contributed by atoms with Crippen molar-refractivity contribution in [3.63, 3.8) is 0 Å². The average molecular weight is 629 g/mol. The first-order chi connectivity index (χ1) is 21.4. The van der Waals surface area contributed by atoms with Crippen LogP contribution in [0.4, 0.5) is 0 Å². The minimum atomic E-state index is -0.260. The molecule has 0 aliphatic heterocycles. The summed E-state index contributed by atoms with van der Waals surface area (Å²) in [5.41, 5.74) is 8.88. The number of ether oxygens (including phenoxy) is 1. The molecule has 2 rings (SSSR count). The van der Waals surface area contributed by atoms with E-state index in [1.165, 1.54) is 12.5 Å². The summed E-state index contributed by atoms with van der Waals surface area (Å²) in [5, 5.41) is 10.2. The number of hydrogen-bond donors (Lipinski definition) is 1. The molecule has 4 heteroatoms. The Morgan fingerprint density at radius 2 is 1.39 bits per heavy atom. The zero-order valence-corrected chi connectivity index (χ0v) is 30.4. The maximum Gasteiger partial charge on any atom is 0.302 e. The Bertz CT molecular complexity index is 1360. The number of Topliss-reactive ketones (excluding diaryl/α,β-unsaturated/α-hetero) is 1. The van der Waals surface area contributed by atoms with Gasteiger partial charge >= 0.3 is 5.97 Å². The fourth-order valence-electron chi connectivity index (χ4n) is 7.20. The minimum absolute atomic E-state index is 0.0261. The summed E-state index contributed by atoms with van der Waals surface area (Å²) >= 11 is 0. The number of carbonyl (C=O) groups is 2. The Morgan fingerprint density at radius 3 is 1.93 bits per heavy atom. The standard InChI is InChI=1S/C42H60O4/c1-29(18-14-19-31(3)22-23-38-34(6)25-37(46-35(7)43)28-42(38,10)11)16-12-13-17-30(2)20-15-21-32(4)40(45)26-39-33(5)24-36(44)27-41(39,8)9/h12-22,33-34,36-37,39,44H,24-28H2,1-11H3/b13-12+,18-14+,20-15+,29-16+,30-17+,31-19+,32-21+/t23?,33?,34-,36?,37?,39?/m0/s1. The van der Waals surface area contributed by atoms with Gasteiger partial charge in [0.15, 0.2) is 5.78 Å². The first kappa shape index (κ1) is 39.0. The van der Waals surface area contributed by atoms with Gasteiger partial charge in [-0.25, -0.2) is 0 Å². The van der Waals surface area contributed by atoms with Crippen molar-refractivity contribution in [3.8, 4) is 0 Å². The molecule has 2 fully saturated rings. The lowest BCUT2D eigenvalue weighted by molar-refractivity contribution is -0.149. The van der Waals surface area contributed by atoms with Crippen LogP contribution in [0.5, 0.6) is 0 Å². The molecule has 0 aromatic rings. The van der Waals surface area contributed by atoms with Crippen LogP contribution < -0.4 is 0 Å². The van der Waals surface area contributed by atoms with Gasteiger partial charge in [-0.1, -0.05) is 113 Å². The van der Waals surface area contributed by atoms with Crippen LogP contribution in [0, 0.1) is 28.6 Å². The average Bonchev–Trinajstić information content (AvgIpc) is 2.91. The molecule has 4 nitrogen and oxygen atoms in total. The van der Waals surface area contributed by atoms with Crippen molar-refractivity contribution in [2.24, 2.45) is 28.6 Å². The Hall–Kier alpha value is -3.20. The Morgan fingerprint density at radius 1 is 0.826 bits per heavy atom. The van der Waals surface area contributed by atoms with Gasteiger partial charge in [0.25, 0.3) is 0 Å². The number of rotatable bonds is 11. The van der Waals surface area contributed by atoms with E-state index in [1.807, 2.05) is 44.2 Å². The third-order valence-electron chi connectivity index (χ3n) is 9.56. The lowest BCUT2D eigenvalue weighted by Crippen LogP contribution is -2.41. The third kappa shape index (κ3) is 12.9. The molecule has 1 N–H and O–H groups in total. The Balaban J connectivity index is 1.92. The van der Waals surface area contributed by atoms with Crippen LogP contribution >= 0.6 is 0 Å². The zero-order chi connectivity index (χ0) is 34.7. The molecular formula is C42H60O4. The lowest BCUT2D eigenvalue weighted by atomic mass is 9.61. The molecule has 0 aromatic heterocycles. The van der Waals surface area contributed by atoms with Gasteiger partial charge in [-0.3, -0.25) is 9.59 Å². The molecule has 0 bridgehead atoms. The summed E-state index contributed by atoms with van der Waals surface area (Å²) in [6.45, 7) is 22.7. The number of aliphatic hydroxyl groups excluding tert-OH is 1. The SMILES string of the molecule is CC(=O)OC1C[C@H](C)C(=C=C/C(C)=C/C=C/C(C)=C/C=C/C=C(C)/C=C/C=C(\C)C(=O)CC2C(C)CC(O)CC2(C)C)C(C)(C)C1. The van der Waals surface area contributed by atoms with E-state index in [-0.39, 0.29) is 40.7 Å². The minimum Gasteiger partial charge on any atom is -0.463 e. The van der Waals surface area contributed by atoms with Crippen molar-refractivity contribution in [1.82, 2.24) is 0 Å². The molecule has 0 radical (unpaired) electrons. The molecule has 0 aromatic carbocycles. The number of allylic oxidation sites excluding steroid dienone is 15. The number of esters is 1. The summed E-state index contributed by atoms with van der Waals surface area (Å²) in [5.74, 6) is 0.926. The molecule has 0 spiro atoms. The molecule has 0 saturated heterocycles. The van der Waals surface area contributed by atoms with E-state index >= 15 is 0 Å². The van der Waals surface area contributed by atoms with Crippen molar-refractivity contribution in [2.45, 2.75) is 120 Å². The second-order valence-electron chi connectivity index (χ2n) is 15.1. The number of ketones is 1. The summed E-state index contributed by atoms with van der Waals surface area (Å²) in [4.78, 5) is 24.4. The second-order valence-corrected chi connectivity index (χ2v) is 15.1. The van der Waals surface area contributed by atoms with Gasteiger partial charge in [-0.15, -0.1) is 5.73 Å². The van der Waals surface area contributed by atoms with E-state index in [0.717, 1.165) is 48.0 Å². The van der Waals surface area contributed by atoms with Crippen molar-refractivity contribution in [1.29, 1.82) is 0 Å². The van der Waals surface area contributed by atoms with Gasteiger partial charge in [0.1, 0.15) is 6.10 Å². The summed E-state index contributed by atoms with van der Waals surface area (Å²) in [6.07, 6.45) is 25.8. The zero-order valence-electron chi connectivity index (χ0n) is 30.4. The van der Waals surface area contributed by atoms with Gasteiger partial charge < -0.3 is 9.84 Å². The molecule has 46 heavy (non-hydrogen) atoms. The number of aliphatic hydroxyl groups is 1. The monoisotopic (exact) mass is 628 g/mol. The molecule has 252 valence electrons. The van der Waals surface area contributed by atoms with Crippen LogP contribution in [0.3, 0.4) is 0 Å². The van der Waals surface area contributed by atoms with Crippen molar-refractivity contribution in [3.05, 3.63) is 100 Å². The Kier molecular flexibility index (Phi) is 15.0. The number of hydrogen-bond acceptors (Lipinski definition) is 4. The molecule has 0 heterocycles. The largest absolute Gasteiger partial charge is 0.463 e. The van der Waals surface area contributed by atoms with Crippen molar-refractivity contribution >= 4 is 11.8 Å².